The van der Waals surface area contributed by atoms with Gasteiger partial charge in [-0.1, -0.05) is 0 Å². The van der Waals surface area contributed by atoms with Gasteiger partial charge in [0.05, 0.1) is 11.2 Å². The summed E-state index contributed by atoms with van der Waals surface area (Å²) in [6.07, 6.45) is 5.85. The van der Waals surface area contributed by atoms with Gasteiger partial charge in [-0.25, -0.2) is 4.98 Å². The Hall–Kier alpha value is -2.67. The van der Waals surface area contributed by atoms with Gasteiger partial charge in [-0.15, -0.1) is 0 Å². The zero-order valence-electron chi connectivity index (χ0n) is 15.1. The number of pyridine rings is 1. The van der Waals surface area contributed by atoms with Crippen LogP contribution in [0.2, 0.25) is 0 Å². The molecule has 26 heavy (non-hydrogen) atoms. The second-order valence-corrected chi connectivity index (χ2v) is 7.62. The molecule has 4 N–H and O–H groups in total. The number of hydrogen-bond acceptors (Lipinski definition) is 4. The maximum Gasteiger partial charge on any atom is 0.274 e. The molecule has 0 aliphatic carbocycles. The highest BCUT2D eigenvalue weighted by atomic mass is 16.2. The minimum atomic E-state index is -0.549. The van der Waals surface area contributed by atoms with Crippen LogP contribution < -0.4 is 5.73 Å². The number of aromatic amines is 2. The molecule has 1 unspecified atom stereocenters. The van der Waals surface area contributed by atoms with Gasteiger partial charge in [-0.3, -0.25) is 9.89 Å². The number of nitrogens with zero attached hydrogens (tertiary/aromatic N) is 3. The summed E-state index contributed by atoms with van der Waals surface area (Å²) in [6.45, 7) is 5.21. The number of nitrogens with one attached hydrogen (secondary N) is 2. The minimum absolute atomic E-state index is 0.0422. The first-order valence-corrected chi connectivity index (χ1v) is 8.99. The van der Waals surface area contributed by atoms with Crippen molar-refractivity contribution in [3.63, 3.8) is 0 Å². The van der Waals surface area contributed by atoms with Crippen molar-refractivity contribution in [1.29, 1.82) is 0 Å². The molecule has 7 nitrogen and oxygen atoms in total. The zero-order valence-corrected chi connectivity index (χ0v) is 15.1. The lowest BCUT2D eigenvalue weighted by Crippen LogP contribution is -2.39. The third kappa shape index (κ3) is 2.99. The van der Waals surface area contributed by atoms with Crippen molar-refractivity contribution in [2.24, 2.45) is 5.73 Å². The van der Waals surface area contributed by atoms with E-state index in [2.05, 4.69) is 26.2 Å². The molecule has 1 atom stereocenters. The Kier molecular flexibility index (Phi) is 4.03. The molecule has 3 aromatic heterocycles. The van der Waals surface area contributed by atoms with Crippen LogP contribution in [0.3, 0.4) is 0 Å². The highest BCUT2D eigenvalue weighted by molar-refractivity contribution is 5.92. The van der Waals surface area contributed by atoms with E-state index in [1.807, 2.05) is 31.0 Å². The average molecular weight is 352 g/mol. The first kappa shape index (κ1) is 16.8. The number of aromatic nitrogens is 4. The number of H-pyrrole nitrogens is 2. The summed E-state index contributed by atoms with van der Waals surface area (Å²) in [5.41, 5.74) is 8.85. The molecule has 0 radical (unpaired) electrons. The lowest BCUT2D eigenvalue weighted by atomic mass is 9.90. The van der Waals surface area contributed by atoms with Crippen molar-refractivity contribution in [2.45, 2.75) is 38.1 Å². The molecule has 7 heteroatoms. The monoisotopic (exact) mass is 352 g/mol. The van der Waals surface area contributed by atoms with Gasteiger partial charge in [0, 0.05) is 36.8 Å². The molecule has 0 bridgehead atoms. The lowest BCUT2D eigenvalue weighted by molar-refractivity contribution is 0.0701. The van der Waals surface area contributed by atoms with Gasteiger partial charge in [0.15, 0.2) is 0 Å². The van der Waals surface area contributed by atoms with E-state index in [0.717, 1.165) is 36.1 Å². The quantitative estimate of drug-likeness (QED) is 0.673. The van der Waals surface area contributed by atoms with Crippen LogP contribution in [0.5, 0.6) is 0 Å². The molecule has 1 aliphatic rings. The molecule has 4 rings (SSSR count). The zero-order chi connectivity index (χ0) is 18.3. The predicted octanol–water partition coefficient (Wildman–Crippen LogP) is 2.50. The fourth-order valence-corrected chi connectivity index (χ4v) is 3.65. The van der Waals surface area contributed by atoms with Crippen molar-refractivity contribution in [2.75, 3.05) is 13.1 Å². The SMILES string of the molecule is CC(C)(N)c1cc(C(=O)N2CCCC(c3c[nH]c4ncccc34)C2)n[nH]1. The number of nitrogens with two attached hydrogens (primary N) is 1. The van der Waals surface area contributed by atoms with E-state index in [0.29, 0.717) is 18.2 Å². The number of likely N-dealkylation sites (tertiary alicyclic amines) is 1. The summed E-state index contributed by atoms with van der Waals surface area (Å²) in [6, 6.07) is 5.80. The van der Waals surface area contributed by atoms with Crippen LogP contribution in [0.4, 0.5) is 0 Å². The van der Waals surface area contributed by atoms with Crippen LogP contribution in [-0.2, 0) is 5.54 Å². The van der Waals surface area contributed by atoms with E-state index < -0.39 is 5.54 Å². The first-order valence-electron chi connectivity index (χ1n) is 8.99. The highest BCUT2D eigenvalue weighted by Gasteiger charge is 2.29. The normalized spacial score (nSPS) is 18.4. The largest absolute Gasteiger partial charge is 0.346 e. The molecule has 3 aromatic rings. The number of fused-ring (bicyclic) bond motifs is 1. The summed E-state index contributed by atoms with van der Waals surface area (Å²) in [5.74, 6) is 0.259. The summed E-state index contributed by atoms with van der Waals surface area (Å²) in [5, 5.41) is 8.21. The molecular formula is C19H24N6O. The summed E-state index contributed by atoms with van der Waals surface area (Å²) in [4.78, 5) is 22.4. The molecule has 4 heterocycles. The fraction of sp³-hybridized carbons (Fsp3) is 0.421. The second-order valence-electron chi connectivity index (χ2n) is 7.62. The third-order valence-electron chi connectivity index (χ3n) is 5.12. The van der Waals surface area contributed by atoms with Crippen LogP contribution >= 0.6 is 0 Å². The van der Waals surface area contributed by atoms with E-state index in [4.69, 9.17) is 5.73 Å². The highest BCUT2D eigenvalue weighted by Crippen LogP contribution is 2.32. The number of carbonyl (C=O) groups is 1. The maximum absolute atomic E-state index is 12.9. The van der Waals surface area contributed by atoms with Gasteiger partial charge in [-0.05, 0) is 50.5 Å². The molecule has 0 aromatic carbocycles. The van der Waals surface area contributed by atoms with Crippen LogP contribution in [0.1, 0.15) is 54.4 Å². The lowest BCUT2D eigenvalue weighted by Gasteiger charge is -2.32. The van der Waals surface area contributed by atoms with Crippen LogP contribution in [0, 0.1) is 0 Å². The number of rotatable bonds is 3. The van der Waals surface area contributed by atoms with Crippen molar-refractivity contribution in [3.8, 4) is 0 Å². The van der Waals surface area contributed by atoms with Crippen molar-refractivity contribution in [1.82, 2.24) is 25.1 Å². The number of carbonyl (C=O) groups excluding carboxylic acids is 1. The summed E-state index contributed by atoms with van der Waals surface area (Å²) in [7, 11) is 0. The van der Waals surface area contributed by atoms with Crippen molar-refractivity contribution < 1.29 is 4.79 Å². The van der Waals surface area contributed by atoms with E-state index in [9.17, 15) is 4.79 Å². The Balaban J connectivity index is 1.55. The molecule has 0 saturated carbocycles. The van der Waals surface area contributed by atoms with Gasteiger partial charge < -0.3 is 15.6 Å². The van der Waals surface area contributed by atoms with Crippen LogP contribution in [0.15, 0.2) is 30.6 Å². The Morgan fingerprint density at radius 1 is 1.42 bits per heavy atom. The number of piperidine rings is 1. The van der Waals surface area contributed by atoms with E-state index in [1.54, 1.807) is 12.3 Å². The summed E-state index contributed by atoms with van der Waals surface area (Å²) < 4.78 is 0. The van der Waals surface area contributed by atoms with Crippen LogP contribution in [0.25, 0.3) is 11.0 Å². The maximum atomic E-state index is 12.9. The standard InChI is InChI=1S/C19H24N6O/c1-19(2,20)16-9-15(23-24-16)18(26)25-8-4-5-12(11-25)14-10-22-17-13(14)6-3-7-21-17/h3,6-7,9-10,12H,4-5,8,11,20H2,1-2H3,(H,21,22)(H,23,24). The number of amides is 1. The first-order chi connectivity index (χ1) is 12.4. The van der Waals surface area contributed by atoms with Crippen molar-refractivity contribution in [3.05, 3.63) is 47.5 Å². The molecule has 1 amide bonds. The van der Waals surface area contributed by atoms with E-state index in [1.165, 1.54) is 5.56 Å². The van der Waals surface area contributed by atoms with Gasteiger partial charge >= 0.3 is 0 Å². The minimum Gasteiger partial charge on any atom is -0.346 e. The van der Waals surface area contributed by atoms with Gasteiger partial charge in [-0.2, -0.15) is 5.10 Å². The average Bonchev–Trinajstić information content (AvgIpc) is 3.28. The molecule has 1 fully saturated rings. The Morgan fingerprint density at radius 2 is 2.27 bits per heavy atom. The molecule has 136 valence electrons. The molecule has 1 aliphatic heterocycles. The smallest absolute Gasteiger partial charge is 0.274 e. The second kappa shape index (κ2) is 6.25. The van der Waals surface area contributed by atoms with Crippen molar-refractivity contribution >= 4 is 16.9 Å². The summed E-state index contributed by atoms with van der Waals surface area (Å²) >= 11 is 0. The van der Waals surface area contributed by atoms with E-state index in [-0.39, 0.29) is 5.91 Å². The number of hydrogen-bond donors (Lipinski definition) is 3. The van der Waals surface area contributed by atoms with E-state index >= 15 is 0 Å². The van der Waals surface area contributed by atoms with Gasteiger partial charge in [0.25, 0.3) is 5.91 Å². The Morgan fingerprint density at radius 3 is 3.04 bits per heavy atom. The molecular weight excluding hydrogens is 328 g/mol. The predicted molar refractivity (Wildman–Crippen MR) is 99.8 cm³/mol. The third-order valence-corrected chi connectivity index (χ3v) is 5.12. The molecule has 1 saturated heterocycles. The van der Waals surface area contributed by atoms with Crippen LogP contribution in [-0.4, -0.2) is 44.1 Å². The fourth-order valence-electron chi connectivity index (χ4n) is 3.65. The Bertz CT molecular complexity index is 935. The molecule has 0 spiro atoms. The van der Waals surface area contributed by atoms with Gasteiger partial charge in [0.2, 0.25) is 0 Å². The Labute approximate surface area is 152 Å². The van der Waals surface area contributed by atoms with Gasteiger partial charge in [0.1, 0.15) is 11.3 Å². The topological polar surface area (TPSA) is 104 Å².